The van der Waals surface area contributed by atoms with E-state index >= 15 is 0 Å². The van der Waals surface area contributed by atoms with Gasteiger partial charge in [-0.2, -0.15) is 0 Å². The van der Waals surface area contributed by atoms with Gasteiger partial charge in [-0.3, -0.25) is 9.59 Å². The molecule has 0 radical (unpaired) electrons. The van der Waals surface area contributed by atoms with E-state index in [0.29, 0.717) is 13.1 Å². The lowest BCUT2D eigenvalue weighted by Gasteiger charge is -2.30. The van der Waals surface area contributed by atoms with Crippen LogP contribution in [0.3, 0.4) is 0 Å². The van der Waals surface area contributed by atoms with Crippen LogP contribution in [0.1, 0.15) is 38.5 Å². The molecular weight excluding hydrogens is 246 g/mol. The Hall–Kier alpha value is -1.10. The van der Waals surface area contributed by atoms with Crippen LogP contribution in [0.15, 0.2) is 0 Å². The third-order valence-electron chi connectivity index (χ3n) is 3.68. The molecule has 0 aromatic carbocycles. The first-order valence-electron chi connectivity index (χ1n) is 7.13. The van der Waals surface area contributed by atoms with Gasteiger partial charge in [0, 0.05) is 0 Å². The van der Waals surface area contributed by atoms with Crippen LogP contribution in [-0.4, -0.2) is 50.7 Å². The van der Waals surface area contributed by atoms with Gasteiger partial charge in [0.25, 0.3) is 6.47 Å². The van der Waals surface area contributed by atoms with Gasteiger partial charge in [-0.05, 0) is 45.3 Å². The molecule has 0 atom stereocenters. The largest absolute Gasteiger partial charge is 0.469 e. The number of esters is 1. The summed E-state index contributed by atoms with van der Waals surface area (Å²) >= 11 is 0. The van der Waals surface area contributed by atoms with Crippen molar-refractivity contribution in [3.05, 3.63) is 0 Å². The van der Waals surface area contributed by atoms with Crippen LogP contribution in [0.4, 0.5) is 0 Å². The van der Waals surface area contributed by atoms with E-state index in [0.717, 1.165) is 45.3 Å². The first-order chi connectivity index (χ1) is 9.27. The Balaban J connectivity index is 1.97. The average Bonchev–Trinajstić information content (AvgIpc) is 2.46. The Kier molecular flexibility index (Phi) is 8.21. The fourth-order valence-corrected chi connectivity index (χ4v) is 2.48. The van der Waals surface area contributed by atoms with Crippen molar-refractivity contribution in [3.8, 4) is 0 Å². The quantitative estimate of drug-likeness (QED) is 0.362. The number of hydrogen-bond donors (Lipinski definition) is 0. The minimum Gasteiger partial charge on any atom is -0.469 e. The predicted molar refractivity (Wildman–Crippen MR) is 71.7 cm³/mol. The molecule has 0 bridgehead atoms. The van der Waals surface area contributed by atoms with Crippen LogP contribution in [0.5, 0.6) is 0 Å². The number of carbonyl (C=O) groups excluding carboxylic acids is 2. The molecule has 1 fully saturated rings. The molecule has 0 aromatic rings. The molecule has 110 valence electrons. The second-order valence-corrected chi connectivity index (χ2v) is 5.02. The zero-order valence-electron chi connectivity index (χ0n) is 11.8. The number of unbranched alkanes of at least 4 members (excludes halogenated alkanes) is 3. The van der Waals surface area contributed by atoms with E-state index < -0.39 is 0 Å². The van der Waals surface area contributed by atoms with E-state index in [1.165, 1.54) is 20.0 Å². The number of rotatable bonds is 9. The summed E-state index contributed by atoms with van der Waals surface area (Å²) in [5, 5.41) is 0. The maximum atomic E-state index is 11.4. The van der Waals surface area contributed by atoms with Crippen molar-refractivity contribution in [2.75, 3.05) is 33.4 Å². The first kappa shape index (κ1) is 16.0. The smallest absolute Gasteiger partial charge is 0.308 e. The summed E-state index contributed by atoms with van der Waals surface area (Å²) in [6, 6.07) is 0. The normalized spacial score (nSPS) is 17.1. The van der Waals surface area contributed by atoms with Crippen LogP contribution < -0.4 is 0 Å². The summed E-state index contributed by atoms with van der Waals surface area (Å²) in [5.41, 5.74) is 0. The van der Waals surface area contributed by atoms with Crippen LogP contribution in [0, 0.1) is 5.92 Å². The van der Waals surface area contributed by atoms with Crippen molar-refractivity contribution >= 4 is 12.4 Å². The zero-order valence-corrected chi connectivity index (χ0v) is 11.8. The summed E-state index contributed by atoms with van der Waals surface area (Å²) in [7, 11) is 1.46. The van der Waals surface area contributed by atoms with Crippen LogP contribution in [-0.2, 0) is 19.1 Å². The van der Waals surface area contributed by atoms with Crippen molar-refractivity contribution in [1.82, 2.24) is 4.90 Å². The van der Waals surface area contributed by atoms with Crippen molar-refractivity contribution in [2.24, 2.45) is 5.92 Å². The molecule has 19 heavy (non-hydrogen) atoms. The number of methoxy groups -OCH3 is 1. The summed E-state index contributed by atoms with van der Waals surface area (Å²) in [6.45, 7) is 4.13. The topological polar surface area (TPSA) is 55.8 Å². The molecule has 1 heterocycles. The highest BCUT2D eigenvalue weighted by Crippen LogP contribution is 2.18. The van der Waals surface area contributed by atoms with E-state index in [-0.39, 0.29) is 11.9 Å². The number of carbonyl (C=O) groups is 2. The number of ether oxygens (including phenoxy) is 2. The molecule has 0 unspecified atom stereocenters. The predicted octanol–water partition coefficient (Wildman–Crippen LogP) is 1.60. The van der Waals surface area contributed by atoms with E-state index in [2.05, 4.69) is 9.64 Å². The van der Waals surface area contributed by atoms with Gasteiger partial charge in [0.2, 0.25) is 0 Å². The second-order valence-electron chi connectivity index (χ2n) is 5.02. The molecule has 1 aliphatic rings. The molecule has 0 aromatic heterocycles. The number of likely N-dealkylation sites (tertiary alicyclic amines) is 1. The molecule has 0 N–H and O–H groups in total. The van der Waals surface area contributed by atoms with Crippen LogP contribution in [0.2, 0.25) is 0 Å². The third kappa shape index (κ3) is 6.57. The fourth-order valence-electron chi connectivity index (χ4n) is 2.48. The summed E-state index contributed by atoms with van der Waals surface area (Å²) in [4.78, 5) is 23.7. The van der Waals surface area contributed by atoms with Crippen LogP contribution in [0.25, 0.3) is 0 Å². The van der Waals surface area contributed by atoms with Crippen LogP contribution >= 0.6 is 0 Å². The fraction of sp³-hybridized carbons (Fsp3) is 0.857. The van der Waals surface area contributed by atoms with Gasteiger partial charge in [-0.25, -0.2) is 0 Å². The van der Waals surface area contributed by atoms with Gasteiger partial charge in [-0.15, -0.1) is 0 Å². The summed E-state index contributed by atoms with van der Waals surface area (Å²) in [5.74, 6) is 0.0385. The lowest BCUT2D eigenvalue weighted by atomic mass is 9.97. The SMILES string of the molecule is COC(=O)C1CCN(CCCCCCOC=O)CC1. The van der Waals surface area contributed by atoms with Crippen molar-refractivity contribution in [2.45, 2.75) is 38.5 Å². The zero-order chi connectivity index (χ0) is 13.9. The van der Waals surface area contributed by atoms with Crippen molar-refractivity contribution in [1.29, 1.82) is 0 Å². The Morgan fingerprint density at radius 1 is 1.21 bits per heavy atom. The van der Waals surface area contributed by atoms with Gasteiger partial charge < -0.3 is 14.4 Å². The van der Waals surface area contributed by atoms with E-state index in [4.69, 9.17) is 4.74 Å². The Bertz CT molecular complexity index is 262. The highest BCUT2D eigenvalue weighted by atomic mass is 16.5. The molecule has 5 heteroatoms. The molecule has 5 nitrogen and oxygen atoms in total. The van der Waals surface area contributed by atoms with Gasteiger partial charge in [0.1, 0.15) is 0 Å². The Morgan fingerprint density at radius 3 is 2.53 bits per heavy atom. The molecule has 1 aliphatic heterocycles. The van der Waals surface area contributed by atoms with Gasteiger partial charge in [0.05, 0.1) is 19.6 Å². The molecule has 0 aliphatic carbocycles. The van der Waals surface area contributed by atoms with Crippen molar-refractivity contribution in [3.63, 3.8) is 0 Å². The van der Waals surface area contributed by atoms with Gasteiger partial charge in [-0.1, -0.05) is 12.8 Å². The maximum absolute atomic E-state index is 11.4. The number of piperidine rings is 1. The molecular formula is C14H25NO4. The van der Waals surface area contributed by atoms with E-state index in [1.54, 1.807) is 0 Å². The highest BCUT2D eigenvalue weighted by Gasteiger charge is 2.24. The highest BCUT2D eigenvalue weighted by molar-refractivity contribution is 5.72. The lowest BCUT2D eigenvalue weighted by Crippen LogP contribution is -2.37. The Labute approximate surface area is 115 Å². The minimum atomic E-state index is -0.0603. The molecule has 1 rings (SSSR count). The average molecular weight is 271 g/mol. The van der Waals surface area contributed by atoms with E-state index in [1.807, 2.05) is 0 Å². The Morgan fingerprint density at radius 2 is 1.89 bits per heavy atom. The first-order valence-corrected chi connectivity index (χ1v) is 7.13. The maximum Gasteiger partial charge on any atom is 0.308 e. The third-order valence-corrected chi connectivity index (χ3v) is 3.68. The number of hydrogen-bond acceptors (Lipinski definition) is 5. The summed E-state index contributed by atoms with van der Waals surface area (Å²) < 4.78 is 9.42. The number of nitrogens with zero attached hydrogens (tertiary/aromatic N) is 1. The van der Waals surface area contributed by atoms with E-state index in [9.17, 15) is 9.59 Å². The molecule has 0 spiro atoms. The molecule has 1 saturated heterocycles. The lowest BCUT2D eigenvalue weighted by molar-refractivity contribution is -0.147. The summed E-state index contributed by atoms with van der Waals surface area (Å²) in [6.07, 6.45) is 6.22. The van der Waals surface area contributed by atoms with Gasteiger partial charge in [0.15, 0.2) is 0 Å². The van der Waals surface area contributed by atoms with Crippen molar-refractivity contribution < 1.29 is 19.1 Å². The molecule has 0 amide bonds. The van der Waals surface area contributed by atoms with Gasteiger partial charge >= 0.3 is 5.97 Å². The second kappa shape index (κ2) is 9.78. The minimum absolute atomic E-state index is 0.0603. The molecule has 0 saturated carbocycles. The standard InChI is InChI=1S/C14H25NO4/c1-18-14(17)13-6-9-15(10-7-13)8-4-2-3-5-11-19-12-16/h12-13H,2-11H2,1H3. The monoisotopic (exact) mass is 271 g/mol.